The second kappa shape index (κ2) is 5.86. The highest BCUT2D eigenvalue weighted by Crippen LogP contribution is 2.27. The molecule has 0 unspecified atom stereocenters. The fraction of sp³-hybridized carbons (Fsp3) is 0.250. The minimum Gasteiger partial charge on any atom is -0.493 e. The smallest absolute Gasteiger partial charge is 0.162 e. The molecule has 0 spiro atoms. The van der Waals surface area contributed by atoms with E-state index in [2.05, 4.69) is 0 Å². The molecule has 80 valence electrons. The van der Waals surface area contributed by atoms with Gasteiger partial charge in [-0.15, -0.1) is 0 Å². The number of hydrogen-bond acceptors (Lipinski definition) is 3. The van der Waals surface area contributed by atoms with Gasteiger partial charge in [0.25, 0.3) is 0 Å². The molecule has 0 aliphatic rings. The van der Waals surface area contributed by atoms with Crippen LogP contribution >= 0.6 is 0 Å². The van der Waals surface area contributed by atoms with Crippen molar-refractivity contribution in [3.8, 4) is 11.5 Å². The quantitative estimate of drug-likeness (QED) is 0.548. The molecule has 3 nitrogen and oxygen atoms in total. The number of allylic oxidation sites excluding steroid dienone is 1. The number of methoxy groups -OCH3 is 1. The molecule has 0 bridgehead atoms. The predicted octanol–water partition coefficient (Wildman–Crippen LogP) is 2.46. The third-order valence-electron chi connectivity index (χ3n) is 1.89. The van der Waals surface area contributed by atoms with Crippen LogP contribution in [0.4, 0.5) is 0 Å². The van der Waals surface area contributed by atoms with E-state index < -0.39 is 0 Å². The van der Waals surface area contributed by atoms with Crippen LogP contribution in [0.25, 0.3) is 0 Å². The largest absolute Gasteiger partial charge is 0.493 e. The fourth-order valence-corrected chi connectivity index (χ4v) is 1.11. The Hall–Kier alpha value is -1.77. The minimum atomic E-state index is 0.467. The predicted molar refractivity (Wildman–Crippen MR) is 58.7 cm³/mol. The zero-order chi connectivity index (χ0) is 11.1. The van der Waals surface area contributed by atoms with Crippen LogP contribution in [0.5, 0.6) is 11.5 Å². The third kappa shape index (κ3) is 3.13. The van der Waals surface area contributed by atoms with E-state index in [1.807, 2.05) is 19.1 Å². The number of benzene rings is 1. The summed E-state index contributed by atoms with van der Waals surface area (Å²) in [6.45, 7) is 2.39. The molecular weight excluding hydrogens is 192 g/mol. The van der Waals surface area contributed by atoms with Crippen molar-refractivity contribution in [1.82, 2.24) is 0 Å². The van der Waals surface area contributed by atoms with Crippen molar-refractivity contribution in [2.75, 3.05) is 13.7 Å². The van der Waals surface area contributed by atoms with E-state index in [4.69, 9.17) is 9.47 Å². The molecule has 0 radical (unpaired) electrons. The summed E-state index contributed by atoms with van der Waals surface area (Å²) in [5.41, 5.74) is 0.575. The molecule has 0 amide bonds. The van der Waals surface area contributed by atoms with Crippen molar-refractivity contribution < 1.29 is 14.3 Å². The van der Waals surface area contributed by atoms with Gasteiger partial charge in [0.15, 0.2) is 11.5 Å². The van der Waals surface area contributed by atoms with Crippen LogP contribution < -0.4 is 9.47 Å². The highest BCUT2D eigenvalue weighted by Gasteiger charge is 2.04. The topological polar surface area (TPSA) is 35.5 Å². The highest BCUT2D eigenvalue weighted by molar-refractivity contribution is 5.76. The summed E-state index contributed by atoms with van der Waals surface area (Å²) < 4.78 is 10.6. The first kappa shape index (κ1) is 11.3. The Labute approximate surface area is 89.3 Å². The summed E-state index contributed by atoms with van der Waals surface area (Å²) in [5.74, 6) is 1.21. The molecular formula is C12H14O3. The maximum absolute atomic E-state index is 10.6. The summed E-state index contributed by atoms with van der Waals surface area (Å²) >= 11 is 0. The van der Waals surface area contributed by atoms with Crippen molar-refractivity contribution in [3.05, 3.63) is 35.9 Å². The first-order chi connectivity index (χ1) is 7.31. The number of hydrogen-bond donors (Lipinski definition) is 0. The van der Waals surface area contributed by atoms with Crippen LogP contribution in [-0.4, -0.2) is 20.0 Å². The highest BCUT2D eigenvalue weighted by atomic mass is 16.5. The second-order valence-electron chi connectivity index (χ2n) is 2.91. The van der Waals surface area contributed by atoms with Gasteiger partial charge in [-0.05, 0) is 25.1 Å². The van der Waals surface area contributed by atoms with Crippen LogP contribution in [0.3, 0.4) is 0 Å². The summed E-state index contributed by atoms with van der Waals surface area (Å²) in [4.78, 5) is 10.6. The molecule has 3 heteroatoms. The van der Waals surface area contributed by atoms with E-state index in [1.54, 1.807) is 25.3 Å². The van der Waals surface area contributed by atoms with Gasteiger partial charge in [0.2, 0.25) is 0 Å². The molecule has 15 heavy (non-hydrogen) atoms. The van der Waals surface area contributed by atoms with Crippen LogP contribution in [0.15, 0.2) is 30.4 Å². The molecule has 0 fully saturated rings. The molecule has 0 saturated carbocycles. The molecule has 1 aromatic carbocycles. The lowest BCUT2D eigenvalue weighted by molar-refractivity contribution is 0.112. The molecule has 0 heterocycles. The molecule has 1 rings (SSSR count). The van der Waals surface area contributed by atoms with E-state index in [9.17, 15) is 4.79 Å². The number of aldehydes is 1. The van der Waals surface area contributed by atoms with E-state index in [0.29, 0.717) is 23.7 Å². The van der Waals surface area contributed by atoms with Crippen LogP contribution in [0, 0.1) is 0 Å². The first-order valence-corrected chi connectivity index (χ1v) is 4.69. The third-order valence-corrected chi connectivity index (χ3v) is 1.89. The zero-order valence-electron chi connectivity index (χ0n) is 8.90. The lowest BCUT2D eigenvalue weighted by Gasteiger charge is -2.09. The normalized spacial score (nSPS) is 10.3. The lowest BCUT2D eigenvalue weighted by atomic mass is 10.2. The van der Waals surface area contributed by atoms with E-state index >= 15 is 0 Å². The number of carbonyl (C=O) groups is 1. The number of ether oxygens (including phenoxy) is 2. The summed E-state index contributed by atoms with van der Waals surface area (Å²) in [6.07, 6.45) is 4.56. The molecule has 0 aromatic heterocycles. The SMILES string of the molecule is C/C=C/COc1cc(C=O)ccc1OC. The molecule has 0 aliphatic heterocycles. The summed E-state index contributed by atoms with van der Waals surface area (Å²) in [5, 5.41) is 0. The Balaban J connectivity index is 2.85. The number of rotatable bonds is 5. The van der Waals surface area contributed by atoms with Gasteiger partial charge in [0, 0.05) is 5.56 Å². The van der Waals surface area contributed by atoms with E-state index in [-0.39, 0.29) is 0 Å². The van der Waals surface area contributed by atoms with Gasteiger partial charge in [-0.25, -0.2) is 0 Å². The average Bonchev–Trinajstić information content (AvgIpc) is 2.29. The Morgan fingerprint density at radius 2 is 2.13 bits per heavy atom. The van der Waals surface area contributed by atoms with Crippen LogP contribution in [0.2, 0.25) is 0 Å². The summed E-state index contributed by atoms with van der Waals surface area (Å²) in [7, 11) is 1.57. The lowest BCUT2D eigenvalue weighted by Crippen LogP contribution is -1.97. The zero-order valence-corrected chi connectivity index (χ0v) is 8.90. The molecule has 0 aliphatic carbocycles. The monoisotopic (exact) mass is 206 g/mol. The van der Waals surface area contributed by atoms with Crippen molar-refractivity contribution in [2.24, 2.45) is 0 Å². The standard InChI is InChI=1S/C12H14O3/c1-3-4-7-15-12-8-10(9-13)5-6-11(12)14-2/h3-6,8-9H,7H2,1-2H3/b4-3+. The van der Waals surface area contributed by atoms with Crippen LogP contribution in [0.1, 0.15) is 17.3 Å². The van der Waals surface area contributed by atoms with Gasteiger partial charge in [0.05, 0.1) is 7.11 Å². The Bertz CT molecular complexity index is 356. The summed E-state index contributed by atoms with van der Waals surface area (Å²) in [6, 6.07) is 5.07. The van der Waals surface area contributed by atoms with Crippen molar-refractivity contribution >= 4 is 6.29 Å². The first-order valence-electron chi connectivity index (χ1n) is 4.69. The minimum absolute atomic E-state index is 0.467. The Kier molecular flexibility index (Phi) is 4.41. The molecule has 0 saturated heterocycles. The second-order valence-corrected chi connectivity index (χ2v) is 2.91. The van der Waals surface area contributed by atoms with Gasteiger partial charge in [-0.2, -0.15) is 0 Å². The Morgan fingerprint density at radius 3 is 2.73 bits per heavy atom. The fourth-order valence-electron chi connectivity index (χ4n) is 1.11. The maximum Gasteiger partial charge on any atom is 0.162 e. The van der Waals surface area contributed by atoms with Gasteiger partial charge in [0.1, 0.15) is 12.9 Å². The molecule has 1 aromatic rings. The van der Waals surface area contributed by atoms with Gasteiger partial charge < -0.3 is 9.47 Å². The number of carbonyl (C=O) groups excluding carboxylic acids is 1. The average molecular weight is 206 g/mol. The van der Waals surface area contributed by atoms with Crippen molar-refractivity contribution in [2.45, 2.75) is 6.92 Å². The maximum atomic E-state index is 10.6. The van der Waals surface area contributed by atoms with Gasteiger partial charge >= 0.3 is 0 Å². The van der Waals surface area contributed by atoms with Crippen molar-refractivity contribution in [1.29, 1.82) is 0 Å². The van der Waals surface area contributed by atoms with Crippen LogP contribution in [-0.2, 0) is 0 Å². The van der Waals surface area contributed by atoms with Gasteiger partial charge in [-0.1, -0.05) is 12.2 Å². The van der Waals surface area contributed by atoms with Gasteiger partial charge in [-0.3, -0.25) is 4.79 Å². The molecule has 0 N–H and O–H groups in total. The van der Waals surface area contributed by atoms with E-state index in [1.165, 1.54) is 0 Å². The van der Waals surface area contributed by atoms with Crippen molar-refractivity contribution in [3.63, 3.8) is 0 Å². The van der Waals surface area contributed by atoms with E-state index in [0.717, 1.165) is 6.29 Å². The Morgan fingerprint density at radius 1 is 1.33 bits per heavy atom. The molecule has 0 atom stereocenters.